The second kappa shape index (κ2) is 7.19. The molecule has 0 fully saturated rings. The molecule has 2 aromatic carbocycles. The fourth-order valence-electron chi connectivity index (χ4n) is 1.81. The van der Waals surface area contributed by atoms with Gasteiger partial charge in [-0.15, -0.1) is 0 Å². The monoisotopic (exact) mass is 395 g/mol. The Bertz CT molecular complexity index is 921. The van der Waals surface area contributed by atoms with Crippen LogP contribution in [0.3, 0.4) is 0 Å². The van der Waals surface area contributed by atoms with Gasteiger partial charge in [-0.25, -0.2) is 17.6 Å². The zero-order valence-electron chi connectivity index (χ0n) is 12.0. The normalized spacial score (nSPS) is 11.4. The highest BCUT2D eigenvalue weighted by Gasteiger charge is 2.20. The van der Waals surface area contributed by atoms with Gasteiger partial charge in [0.15, 0.2) is 0 Å². The van der Waals surface area contributed by atoms with E-state index in [1.54, 1.807) is 0 Å². The van der Waals surface area contributed by atoms with E-state index in [1.807, 2.05) is 0 Å². The average molecular weight is 396 g/mol. The molecule has 0 spiro atoms. The van der Waals surface area contributed by atoms with E-state index in [-0.39, 0.29) is 16.5 Å². The topological polar surface area (TPSA) is 92.7 Å². The van der Waals surface area contributed by atoms with Gasteiger partial charge in [0.1, 0.15) is 11.6 Å². The lowest BCUT2D eigenvalue weighted by Gasteiger charge is -2.11. The molecule has 2 aromatic rings. The Hall–Kier alpha value is -2.46. The second-order valence-electron chi connectivity index (χ2n) is 4.58. The van der Waals surface area contributed by atoms with Crippen molar-refractivity contribution >= 4 is 33.3 Å². The molecule has 0 aliphatic carbocycles. The smallest absolute Gasteiger partial charge is 0.387 e. The molecular formula is C14H9ClF3NO5S. The van der Waals surface area contributed by atoms with Crippen LogP contribution >= 0.6 is 11.6 Å². The molecule has 25 heavy (non-hydrogen) atoms. The Morgan fingerprint density at radius 1 is 1.20 bits per heavy atom. The molecule has 0 amide bonds. The van der Waals surface area contributed by atoms with Crippen LogP contribution in [0, 0.1) is 5.82 Å². The third kappa shape index (κ3) is 4.54. The molecular weight excluding hydrogens is 387 g/mol. The van der Waals surface area contributed by atoms with Gasteiger partial charge in [-0.3, -0.25) is 4.72 Å². The number of ether oxygens (including phenoxy) is 1. The molecule has 0 unspecified atom stereocenters. The maximum absolute atomic E-state index is 13.3. The average Bonchev–Trinajstić information content (AvgIpc) is 2.49. The molecule has 6 nitrogen and oxygen atoms in total. The highest BCUT2D eigenvalue weighted by molar-refractivity contribution is 7.92. The number of carboxylic acid groups (broad SMARTS) is 1. The summed E-state index contributed by atoms with van der Waals surface area (Å²) in [7, 11) is -4.27. The number of anilines is 1. The summed E-state index contributed by atoms with van der Waals surface area (Å²) in [6, 6.07) is 5.39. The van der Waals surface area contributed by atoms with Gasteiger partial charge >= 0.3 is 12.6 Å². The third-order valence-corrected chi connectivity index (χ3v) is 4.55. The van der Waals surface area contributed by atoms with Crippen LogP contribution in [0.2, 0.25) is 5.02 Å². The molecule has 0 atom stereocenters. The number of nitrogens with one attached hydrogen (secondary N) is 1. The van der Waals surface area contributed by atoms with Crippen LogP contribution in [0.25, 0.3) is 0 Å². The molecule has 0 saturated heterocycles. The van der Waals surface area contributed by atoms with Crippen molar-refractivity contribution in [2.45, 2.75) is 11.5 Å². The molecule has 0 radical (unpaired) electrons. The van der Waals surface area contributed by atoms with Gasteiger partial charge in [-0.2, -0.15) is 8.78 Å². The van der Waals surface area contributed by atoms with Gasteiger partial charge < -0.3 is 9.84 Å². The number of alkyl halides is 2. The van der Waals surface area contributed by atoms with E-state index < -0.39 is 38.9 Å². The van der Waals surface area contributed by atoms with Crippen molar-refractivity contribution in [3.63, 3.8) is 0 Å². The SMILES string of the molecule is O=C(O)c1cc(S(=O)(=O)Nc2ccc(OC(F)F)c(Cl)c2)ccc1F. The van der Waals surface area contributed by atoms with E-state index in [4.69, 9.17) is 16.7 Å². The van der Waals surface area contributed by atoms with E-state index in [0.717, 1.165) is 24.3 Å². The van der Waals surface area contributed by atoms with Gasteiger partial charge in [0.25, 0.3) is 10.0 Å². The van der Waals surface area contributed by atoms with E-state index in [0.29, 0.717) is 12.1 Å². The van der Waals surface area contributed by atoms with Crippen molar-refractivity contribution in [2.24, 2.45) is 0 Å². The Labute approximate surface area is 144 Å². The zero-order chi connectivity index (χ0) is 18.8. The number of carboxylic acids is 1. The van der Waals surface area contributed by atoms with Crippen LogP contribution in [0.4, 0.5) is 18.9 Å². The van der Waals surface area contributed by atoms with Gasteiger partial charge in [0, 0.05) is 0 Å². The molecule has 0 saturated carbocycles. The zero-order valence-corrected chi connectivity index (χ0v) is 13.6. The Balaban J connectivity index is 2.31. The summed E-state index contributed by atoms with van der Waals surface area (Å²) in [6.45, 7) is -3.10. The first-order valence-electron chi connectivity index (χ1n) is 6.40. The van der Waals surface area contributed by atoms with Gasteiger partial charge in [-0.1, -0.05) is 11.6 Å². The number of benzene rings is 2. The molecule has 0 bridgehead atoms. The number of sulfonamides is 1. The standard InChI is InChI=1S/C14H9ClF3NO5S/c15-10-5-7(1-4-12(10)24-14(17)18)19-25(22,23)8-2-3-11(16)9(6-8)13(20)21/h1-6,14,19H,(H,20,21). The number of aromatic carboxylic acids is 1. The summed E-state index contributed by atoms with van der Waals surface area (Å²) in [5.74, 6) is -3.08. The molecule has 11 heteroatoms. The van der Waals surface area contributed by atoms with E-state index in [1.165, 1.54) is 0 Å². The first-order valence-corrected chi connectivity index (χ1v) is 8.26. The van der Waals surface area contributed by atoms with E-state index in [9.17, 15) is 26.4 Å². The van der Waals surface area contributed by atoms with Crippen LogP contribution in [-0.2, 0) is 10.0 Å². The van der Waals surface area contributed by atoms with Crippen molar-refractivity contribution in [1.82, 2.24) is 0 Å². The minimum Gasteiger partial charge on any atom is -0.478 e. The van der Waals surface area contributed by atoms with Gasteiger partial charge in [-0.05, 0) is 36.4 Å². The van der Waals surface area contributed by atoms with Crippen LogP contribution in [-0.4, -0.2) is 26.1 Å². The molecule has 0 aliphatic rings. The van der Waals surface area contributed by atoms with Crippen molar-refractivity contribution in [3.8, 4) is 5.75 Å². The van der Waals surface area contributed by atoms with Crippen molar-refractivity contribution < 1.29 is 36.2 Å². The summed E-state index contributed by atoms with van der Waals surface area (Å²) in [5, 5.41) is 8.56. The Kier molecular flexibility index (Phi) is 5.43. The van der Waals surface area contributed by atoms with Crippen molar-refractivity contribution in [3.05, 3.63) is 52.8 Å². The first-order chi connectivity index (χ1) is 11.6. The minimum atomic E-state index is -4.27. The number of hydrogen-bond donors (Lipinski definition) is 2. The predicted octanol–water partition coefficient (Wildman–Crippen LogP) is 3.58. The number of carbonyl (C=O) groups is 1. The maximum atomic E-state index is 13.3. The van der Waals surface area contributed by atoms with Crippen LogP contribution in [0.15, 0.2) is 41.3 Å². The molecule has 0 aliphatic heterocycles. The largest absolute Gasteiger partial charge is 0.478 e. The second-order valence-corrected chi connectivity index (χ2v) is 6.67. The minimum absolute atomic E-state index is 0.0900. The highest BCUT2D eigenvalue weighted by Crippen LogP contribution is 2.30. The maximum Gasteiger partial charge on any atom is 0.387 e. The lowest BCUT2D eigenvalue weighted by molar-refractivity contribution is -0.0497. The molecule has 0 aromatic heterocycles. The summed E-state index contributed by atoms with van der Waals surface area (Å²) in [5.41, 5.74) is -0.908. The number of rotatable bonds is 6. The van der Waals surface area contributed by atoms with Crippen molar-refractivity contribution in [2.75, 3.05) is 4.72 Å². The molecule has 2 N–H and O–H groups in total. The van der Waals surface area contributed by atoms with Gasteiger partial charge in [0.05, 0.1) is 21.2 Å². The number of hydrogen-bond acceptors (Lipinski definition) is 4. The molecule has 134 valence electrons. The van der Waals surface area contributed by atoms with Crippen LogP contribution in [0.5, 0.6) is 5.75 Å². The highest BCUT2D eigenvalue weighted by atomic mass is 35.5. The molecule has 2 rings (SSSR count). The summed E-state index contributed by atoms with van der Waals surface area (Å²) in [4.78, 5) is 10.4. The Morgan fingerprint density at radius 2 is 1.88 bits per heavy atom. The fraction of sp³-hybridized carbons (Fsp3) is 0.0714. The number of halogens is 4. The van der Waals surface area contributed by atoms with Crippen molar-refractivity contribution in [1.29, 1.82) is 0 Å². The lowest BCUT2D eigenvalue weighted by Crippen LogP contribution is -2.14. The summed E-state index contributed by atoms with van der Waals surface area (Å²) >= 11 is 5.72. The predicted molar refractivity (Wildman–Crippen MR) is 82.3 cm³/mol. The summed E-state index contributed by atoms with van der Waals surface area (Å²) < 4.78 is 68.3. The Morgan fingerprint density at radius 3 is 2.44 bits per heavy atom. The fourth-order valence-corrected chi connectivity index (χ4v) is 3.11. The third-order valence-electron chi connectivity index (χ3n) is 2.88. The lowest BCUT2D eigenvalue weighted by atomic mass is 10.2. The van der Waals surface area contributed by atoms with Crippen LogP contribution in [0.1, 0.15) is 10.4 Å². The van der Waals surface area contributed by atoms with Gasteiger partial charge in [0.2, 0.25) is 0 Å². The summed E-state index contributed by atoms with van der Waals surface area (Å²) in [6.07, 6.45) is 0. The molecule has 0 heterocycles. The van der Waals surface area contributed by atoms with Crippen LogP contribution < -0.4 is 9.46 Å². The van der Waals surface area contributed by atoms with E-state index >= 15 is 0 Å². The quantitative estimate of drug-likeness (QED) is 0.780. The first kappa shape index (κ1) is 18.9. The van der Waals surface area contributed by atoms with E-state index in [2.05, 4.69) is 9.46 Å².